The van der Waals surface area contributed by atoms with Crippen molar-refractivity contribution in [2.24, 2.45) is 0 Å². The van der Waals surface area contributed by atoms with Crippen LogP contribution in [0.15, 0.2) is 12.1 Å². The molecule has 0 N–H and O–H groups in total. The first kappa shape index (κ1) is 19.3. The molecular weight excluding hydrogens is 312 g/mol. The molecule has 1 rings (SSSR count). The molecule has 114 valence electrons. The summed E-state index contributed by atoms with van der Waals surface area (Å²) in [5.74, 6) is -4.82. The van der Waals surface area contributed by atoms with Crippen molar-refractivity contribution < 1.29 is 18.0 Å². The number of hydrogen-bond acceptors (Lipinski definition) is 1. The van der Waals surface area contributed by atoms with Crippen molar-refractivity contribution in [3.05, 3.63) is 35.1 Å². The zero-order valence-corrected chi connectivity index (χ0v) is 12.9. The summed E-state index contributed by atoms with van der Waals surface area (Å²) in [4.78, 5) is 11.2. The van der Waals surface area contributed by atoms with Gasteiger partial charge < -0.3 is 0 Å². The Bertz CT molecular complexity index is 439. The summed E-state index contributed by atoms with van der Waals surface area (Å²) in [7, 11) is 0. The van der Waals surface area contributed by atoms with Crippen molar-refractivity contribution in [2.45, 2.75) is 39.0 Å². The van der Waals surface area contributed by atoms with Crippen molar-refractivity contribution >= 4 is 28.4 Å². The molecule has 0 spiro atoms. The molecule has 0 radical (unpaired) electrons. The van der Waals surface area contributed by atoms with E-state index in [1.54, 1.807) is 0 Å². The third kappa shape index (κ3) is 5.33. The number of carbonyl (C=O) groups excluding carboxylic acids is 1. The fourth-order valence-corrected chi connectivity index (χ4v) is 2.06. The van der Waals surface area contributed by atoms with Crippen molar-refractivity contribution in [2.75, 3.05) is 5.88 Å². The highest BCUT2D eigenvalue weighted by Crippen LogP contribution is 2.29. The Morgan fingerprint density at radius 1 is 1.15 bits per heavy atom. The summed E-state index contributed by atoms with van der Waals surface area (Å²) >= 11 is 10.9. The number of rotatable bonds is 6. The minimum atomic E-state index is -1.59. The lowest BCUT2D eigenvalue weighted by atomic mass is 9.94. The molecule has 1 aromatic rings. The van der Waals surface area contributed by atoms with Crippen LogP contribution >= 0.6 is 23.2 Å². The molecule has 0 aromatic heterocycles. The summed E-state index contributed by atoms with van der Waals surface area (Å²) in [6.07, 6.45) is 1.43. The topological polar surface area (TPSA) is 17.1 Å². The molecule has 6 heteroatoms. The second-order valence-electron chi connectivity index (χ2n) is 3.81. The summed E-state index contributed by atoms with van der Waals surface area (Å²) in [5, 5.41) is -0.797. The number of unbranched alkanes of at least 4 members (excludes halogenated alkanes) is 1. The third-order valence-electron chi connectivity index (χ3n) is 2.59. The van der Waals surface area contributed by atoms with Crippen LogP contribution in [0.4, 0.5) is 13.2 Å². The largest absolute Gasteiger partial charge is 0.281 e. The fourth-order valence-electron chi connectivity index (χ4n) is 1.64. The Hall–Kier alpha value is -0.740. The molecule has 0 saturated carbocycles. The second-order valence-corrected chi connectivity index (χ2v) is 4.56. The fraction of sp³-hybridized carbons (Fsp3) is 0.500. The average molecular weight is 329 g/mol. The molecule has 0 saturated heterocycles. The van der Waals surface area contributed by atoms with Crippen LogP contribution in [0.5, 0.6) is 0 Å². The van der Waals surface area contributed by atoms with E-state index in [1.165, 1.54) is 0 Å². The van der Waals surface area contributed by atoms with E-state index in [2.05, 4.69) is 0 Å². The van der Waals surface area contributed by atoms with Gasteiger partial charge in [-0.25, -0.2) is 13.2 Å². The van der Waals surface area contributed by atoms with Gasteiger partial charge in [-0.2, -0.15) is 0 Å². The predicted octanol–water partition coefficient (Wildman–Crippen LogP) is 5.39. The van der Waals surface area contributed by atoms with Crippen LogP contribution in [-0.2, 0) is 4.79 Å². The lowest BCUT2D eigenvalue weighted by Gasteiger charge is -2.14. The van der Waals surface area contributed by atoms with Gasteiger partial charge in [0, 0.05) is 11.4 Å². The van der Waals surface area contributed by atoms with Crippen LogP contribution in [0.25, 0.3) is 0 Å². The Labute approximate surface area is 127 Å². The van der Waals surface area contributed by atoms with E-state index in [1.807, 2.05) is 13.8 Å². The van der Waals surface area contributed by atoms with Gasteiger partial charge in [0.05, 0.1) is 5.92 Å². The first-order valence-electron chi connectivity index (χ1n) is 6.37. The van der Waals surface area contributed by atoms with Crippen molar-refractivity contribution in [3.8, 4) is 0 Å². The summed E-state index contributed by atoms with van der Waals surface area (Å²) in [5.41, 5.74) is -0.219. The molecule has 0 aliphatic heterocycles. The quantitative estimate of drug-likeness (QED) is 0.296. The molecule has 0 amide bonds. The summed E-state index contributed by atoms with van der Waals surface area (Å²) in [6, 6.07) is 1.82. The van der Waals surface area contributed by atoms with E-state index in [9.17, 15) is 18.0 Å². The predicted molar refractivity (Wildman–Crippen MR) is 75.8 cm³/mol. The standard InChI is InChI=1S/C12H11Cl2F3O.C2H6/c13-6-2-1-3-8(12(14)18)7-4-5-9(15)11(17)10(7)16;1-2/h4-5,8H,1-3,6H2;1-2H3. The minimum absolute atomic E-state index is 0.219. The van der Waals surface area contributed by atoms with E-state index in [0.717, 1.165) is 12.1 Å². The Morgan fingerprint density at radius 3 is 2.25 bits per heavy atom. The monoisotopic (exact) mass is 328 g/mol. The Morgan fingerprint density at radius 2 is 1.75 bits per heavy atom. The van der Waals surface area contributed by atoms with E-state index < -0.39 is 28.6 Å². The highest BCUT2D eigenvalue weighted by molar-refractivity contribution is 6.64. The lowest BCUT2D eigenvalue weighted by molar-refractivity contribution is -0.113. The molecule has 1 unspecified atom stereocenters. The maximum atomic E-state index is 13.5. The average Bonchev–Trinajstić information content (AvgIpc) is 2.44. The summed E-state index contributed by atoms with van der Waals surface area (Å²) in [6.45, 7) is 4.00. The maximum Gasteiger partial charge on any atom is 0.229 e. The molecule has 0 aliphatic rings. The lowest BCUT2D eigenvalue weighted by Crippen LogP contribution is -2.11. The van der Waals surface area contributed by atoms with E-state index in [-0.39, 0.29) is 12.0 Å². The number of carbonyl (C=O) groups is 1. The summed E-state index contributed by atoms with van der Waals surface area (Å²) < 4.78 is 39.4. The van der Waals surface area contributed by atoms with Gasteiger partial charge in [-0.1, -0.05) is 26.3 Å². The van der Waals surface area contributed by atoms with Gasteiger partial charge >= 0.3 is 0 Å². The maximum absolute atomic E-state index is 13.5. The van der Waals surface area contributed by atoms with Crippen molar-refractivity contribution in [1.29, 1.82) is 0 Å². The van der Waals surface area contributed by atoms with E-state index in [4.69, 9.17) is 23.2 Å². The zero-order chi connectivity index (χ0) is 15.7. The SMILES string of the molecule is CC.O=C(Cl)C(CCCCCl)c1ccc(F)c(F)c1F. The molecule has 1 atom stereocenters. The van der Waals surface area contributed by atoms with Crippen LogP contribution in [0, 0.1) is 17.5 Å². The van der Waals surface area contributed by atoms with Gasteiger partial charge in [0.2, 0.25) is 5.24 Å². The second kappa shape index (κ2) is 10.1. The number of halogens is 5. The molecule has 1 nitrogen and oxygen atoms in total. The van der Waals surface area contributed by atoms with Gasteiger partial charge in [0.1, 0.15) is 0 Å². The smallest absolute Gasteiger partial charge is 0.229 e. The first-order valence-corrected chi connectivity index (χ1v) is 7.29. The van der Waals surface area contributed by atoms with Gasteiger partial charge in [0.25, 0.3) is 0 Å². The van der Waals surface area contributed by atoms with Crippen LogP contribution in [0.3, 0.4) is 0 Å². The Kier molecular flexibility index (Phi) is 9.68. The number of hydrogen-bond donors (Lipinski definition) is 0. The highest BCUT2D eigenvalue weighted by Gasteiger charge is 2.25. The normalized spacial score (nSPS) is 11.6. The first-order chi connectivity index (χ1) is 9.49. The van der Waals surface area contributed by atoms with E-state index in [0.29, 0.717) is 18.7 Å². The van der Waals surface area contributed by atoms with Gasteiger partial charge in [-0.15, -0.1) is 11.6 Å². The molecular formula is C14H17Cl2F3O. The molecule has 0 bridgehead atoms. The van der Waals surface area contributed by atoms with E-state index >= 15 is 0 Å². The highest BCUT2D eigenvalue weighted by atomic mass is 35.5. The number of alkyl halides is 1. The number of benzene rings is 1. The third-order valence-corrected chi connectivity index (χ3v) is 3.12. The molecule has 1 aromatic carbocycles. The van der Waals surface area contributed by atoms with Crippen LogP contribution in [0.1, 0.15) is 44.6 Å². The molecule has 20 heavy (non-hydrogen) atoms. The molecule has 0 aliphatic carbocycles. The zero-order valence-electron chi connectivity index (χ0n) is 11.4. The molecule has 0 heterocycles. The van der Waals surface area contributed by atoms with Crippen LogP contribution in [0.2, 0.25) is 0 Å². The van der Waals surface area contributed by atoms with Gasteiger partial charge in [-0.05, 0) is 30.5 Å². The minimum Gasteiger partial charge on any atom is -0.281 e. The van der Waals surface area contributed by atoms with Crippen molar-refractivity contribution in [1.82, 2.24) is 0 Å². The van der Waals surface area contributed by atoms with Crippen LogP contribution < -0.4 is 0 Å². The van der Waals surface area contributed by atoms with Gasteiger partial charge in [-0.3, -0.25) is 4.79 Å². The Balaban J connectivity index is 0.00000172. The molecule has 0 fully saturated rings. The van der Waals surface area contributed by atoms with Crippen molar-refractivity contribution in [3.63, 3.8) is 0 Å². The van der Waals surface area contributed by atoms with Gasteiger partial charge in [0.15, 0.2) is 17.5 Å². The van der Waals surface area contributed by atoms with Crippen LogP contribution in [-0.4, -0.2) is 11.1 Å².